The molecule has 0 radical (unpaired) electrons. The third kappa shape index (κ3) is 2.88. The van der Waals surface area contributed by atoms with Crippen molar-refractivity contribution in [3.63, 3.8) is 0 Å². The molecule has 2 rings (SSSR count). The first-order chi connectivity index (χ1) is 8.18. The van der Waals surface area contributed by atoms with Crippen molar-refractivity contribution < 1.29 is 4.79 Å². The van der Waals surface area contributed by atoms with Gasteiger partial charge in [-0.1, -0.05) is 17.8 Å². The molecular formula is C11H16N4OS. The van der Waals surface area contributed by atoms with Crippen LogP contribution in [-0.4, -0.2) is 38.4 Å². The first-order valence-electron chi connectivity index (χ1n) is 5.61. The number of allylic oxidation sites excluding steroid dienone is 2. The van der Waals surface area contributed by atoms with E-state index in [2.05, 4.69) is 16.3 Å². The van der Waals surface area contributed by atoms with Crippen LogP contribution in [0.5, 0.6) is 0 Å². The maximum atomic E-state index is 11.9. The molecule has 17 heavy (non-hydrogen) atoms. The quantitative estimate of drug-likeness (QED) is 0.761. The van der Waals surface area contributed by atoms with Crippen molar-refractivity contribution in [2.24, 2.45) is 7.05 Å². The Kier molecular flexibility index (Phi) is 3.83. The Balaban J connectivity index is 1.87. The normalized spacial score (nSPS) is 14.8. The Morgan fingerprint density at radius 1 is 1.65 bits per heavy atom. The van der Waals surface area contributed by atoms with E-state index in [9.17, 15) is 4.79 Å². The fourth-order valence-corrected chi connectivity index (χ4v) is 2.55. The van der Waals surface area contributed by atoms with Crippen LogP contribution in [0.4, 0.5) is 0 Å². The summed E-state index contributed by atoms with van der Waals surface area (Å²) in [5, 5.41) is 8.48. The van der Waals surface area contributed by atoms with Gasteiger partial charge in [-0.15, -0.1) is 10.2 Å². The van der Waals surface area contributed by atoms with Gasteiger partial charge in [0.25, 0.3) is 0 Å². The molecule has 1 amide bonds. The first kappa shape index (κ1) is 12.2. The van der Waals surface area contributed by atoms with Gasteiger partial charge in [0.1, 0.15) is 6.33 Å². The van der Waals surface area contributed by atoms with Gasteiger partial charge in [0, 0.05) is 19.8 Å². The highest BCUT2D eigenvalue weighted by Gasteiger charge is 2.16. The highest BCUT2D eigenvalue weighted by atomic mass is 32.2. The van der Waals surface area contributed by atoms with E-state index in [0.717, 1.165) is 30.1 Å². The van der Waals surface area contributed by atoms with Gasteiger partial charge in [-0.25, -0.2) is 0 Å². The molecule has 0 atom stereocenters. The predicted octanol–water partition coefficient (Wildman–Crippen LogP) is 1.43. The second-order valence-electron chi connectivity index (χ2n) is 4.05. The number of carbonyl (C=O) groups excluding carboxylic acids is 1. The molecule has 0 unspecified atom stereocenters. The molecule has 0 aromatic carbocycles. The molecule has 0 saturated carbocycles. The summed E-state index contributed by atoms with van der Waals surface area (Å²) in [7, 11) is 3.72. The van der Waals surface area contributed by atoms with Crippen LogP contribution >= 0.6 is 11.8 Å². The van der Waals surface area contributed by atoms with Crippen LogP contribution in [0.25, 0.3) is 0 Å². The highest BCUT2D eigenvalue weighted by molar-refractivity contribution is 7.99. The molecule has 92 valence electrons. The Morgan fingerprint density at radius 3 is 3.06 bits per heavy atom. The lowest BCUT2D eigenvalue weighted by molar-refractivity contribution is -0.125. The number of aryl methyl sites for hydroxylation is 1. The molecule has 5 nitrogen and oxygen atoms in total. The molecule has 1 aliphatic rings. The van der Waals surface area contributed by atoms with E-state index in [4.69, 9.17) is 0 Å². The lowest BCUT2D eigenvalue weighted by Crippen LogP contribution is -2.27. The van der Waals surface area contributed by atoms with E-state index in [1.807, 2.05) is 18.7 Å². The van der Waals surface area contributed by atoms with Gasteiger partial charge >= 0.3 is 0 Å². The Hall–Kier alpha value is -1.30. The fraction of sp³-hybridized carbons (Fsp3) is 0.545. The van der Waals surface area contributed by atoms with E-state index in [0.29, 0.717) is 5.75 Å². The lowest BCUT2D eigenvalue weighted by atomic mass is 10.3. The average molecular weight is 252 g/mol. The third-order valence-corrected chi connectivity index (χ3v) is 3.84. The summed E-state index contributed by atoms with van der Waals surface area (Å²) in [6.07, 6.45) is 7.03. The van der Waals surface area contributed by atoms with Gasteiger partial charge in [0.05, 0.1) is 5.75 Å². The molecule has 0 fully saturated rings. The lowest BCUT2D eigenvalue weighted by Gasteiger charge is -2.17. The van der Waals surface area contributed by atoms with E-state index >= 15 is 0 Å². The number of amides is 1. The largest absolute Gasteiger partial charge is 0.319 e. The summed E-state index contributed by atoms with van der Waals surface area (Å²) < 4.78 is 1.81. The molecule has 6 heteroatoms. The molecule has 1 aromatic rings. The van der Waals surface area contributed by atoms with Gasteiger partial charge in [-0.3, -0.25) is 4.79 Å². The van der Waals surface area contributed by atoms with E-state index in [-0.39, 0.29) is 5.91 Å². The van der Waals surface area contributed by atoms with Crippen LogP contribution < -0.4 is 0 Å². The van der Waals surface area contributed by atoms with E-state index in [1.165, 1.54) is 11.8 Å². The zero-order chi connectivity index (χ0) is 12.3. The predicted molar refractivity (Wildman–Crippen MR) is 66.4 cm³/mol. The third-order valence-electron chi connectivity index (χ3n) is 2.82. The minimum absolute atomic E-state index is 0.117. The molecule has 0 saturated heterocycles. The zero-order valence-corrected chi connectivity index (χ0v) is 10.9. The number of thioether (sulfide) groups is 1. The summed E-state index contributed by atoms with van der Waals surface area (Å²) in [6, 6.07) is 0. The minimum atomic E-state index is 0.117. The van der Waals surface area contributed by atoms with Crippen LogP contribution in [0.2, 0.25) is 0 Å². The van der Waals surface area contributed by atoms with Gasteiger partial charge in [-0.05, 0) is 19.3 Å². The molecule has 0 aliphatic heterocycles. The number of aromatic nitrogens is 3. The SMILES string of the molecule is CN(C(=O)CSc1nncn1C)C1=CCCC1. The summed E-state index contributed by atoms with van der Waals surface area (Å²) in [4.78, 5) is 13.7. The van der Waals surface area contributed by atoms with Crippen LogP contribution in [-0.2, 0) is 11.8 Å². The number of hydrogen-bond donors (Lipinski definition) is 0. The van der Waals surface area contributed by atoms with Crippen molar-refractivity contribution >= 4 is 17.7 Å². The van der Waals surface area contributed by atoms with Crippen LogP contribution in [0.15, 0.2) is 23.3 Å². The first-order valence-corrected chi connectivity index (χ1v) is 6.59. The maximum absolute atomic E-state index is 11.9. The average Bonchev–Trinajstić information content (AvgIpc) is 2.96. The van der Waals surface area contributed by atoms with E-state index < -0.39 is 0 Å². The van der Waals surface area contributed by atoms with Crippen molar-refractivity contribution in [1.82, 2.24) is 19.7 Å². The standard InChI is InChI=1S/C11H16N4OS/c1-14-8-12-13-11(14)17-7-10(16)15(2)9-5-3-4-6-9/h5,8H,3-4,6-7H2,1-2H3. The molecule has 1 aliphatic carbocycles. The van der Waals surface area contributed by atoms with Crippen LogP contribution in [0.1, 0.15) is 19.3 Å². The van der Waals surface area contributed by atoms with Crippen molar-refractivity contribution in [3.8, 4) is 0 Å². The highest BCUT2D eigenvalue weighted by Crippen LogP contribution is 2.22. The van der Waals surface area contributed by atoms with Crippen molar-refractivity contribution in [2.45, 2.75) is 24.4 Å². The maximum Gasteiger partial charge on any atom is 0.236 e. The number of hydrogen-bond acceptors (Lipinski definition) is 4. The second kappa shape index (κ2) is 5.35. The number of rotatable bonds is 4. The monoisotopic (exact) mass is 252 g/mol. The minimum Gasteiger partial charge on any atom is -0.319 e. The number of nitrogens with zero attached hydrogens (tertiary/aromatic N) is 4. The molecule has 0 N–H and O–H groups in total. The fourth-order valence-electron chi connectivity index (χ4n) is 1.75. The Morgan fingerprint density at radius 2 is 2.47 bits per heavy atom. The summed E-state index contributed by atoms with van der Waals surface area (Å²) >= 11 is 1.42. The molecule has 0 spiro atoms. The molecule has 1 heterocycles. The number of carbonyl (C=O) groups is 1. The molecular weight excluding hydrogens is 236 g/mol. The van der Waals surface area contributed by atoms with Crippen molar-refractivity contribution in [2.75, 3.05) is 12.8 Å². The van der Waals surface area contributed by atoms with Crippen molar-refractivity contribution in [3.05, 3.63) is 18.1 Å². The van der Waals surface area contributed by atoms with Crippen LogP contribution in [0.3, 0.4) is 0 Å². The summed E-state index contributed by atoms with van der Waals surface area (Å²) in [5.74, 6) is 0.520. The molecule has 1 aromatic heterocycles. The van der Waals surface area contributed by atoms with Crippen molar-refractivity contribution in [1.29, 1.82) is 0 Å². The topological polar surface area (TPSA) is 51.0 Å². The second-order valence-corrected chi connectivity index (χ2v) is 5.00. The molecule has 0 bridgehead atoms. The smallest absolute Gasteiger partial charge is 0.236 e. The van der Waals surface area contributed by atoms with Gasteiger partial charge in [0.2, 0.25) is 5.91 Å². The zero-order valence-electron chi connectivity index (χ0n) is 10.1. The van der Waals surface area contributed by atoms with Crippen LogP contribution in [0, 0.1) is 0 Å². The summed E-state index contributed by atoms with van der Waals surface area (Å²) in [6.45, 7) is 0. The van der Waals surface area contributed by atoms with E-state index in [1.54, 1.807) is 11.2 Å². The van der Waals surface area contributed by atoms with Gasteiger partial charge < -0.3 is 9.47 Å². The Labute approximate surface area is 105 Å². The summed E-state index contributed by atoms with van der Waals surface area (Å²) in [5.41, 5.74) is 1.15. The van der Waals surface area contributed by atoms with Gasteiger partial charge in [-0.2, -0.15) is 0 Å². The Bertz CT molecular complexity index is 440. The van der Waals surface area contributed by atoms with Gasteiger partial charge in [0.15, 0.2) is 5.16 Å².